The number of rotatable bonds is 11. The van der Waals surface area contributed by atoms with E-state index in [1.165, 1.54) is 23.1 Å². The second-order valence-corrected chi connectivity index (χ2v) is 11.9. The normalized spacial score (nSPS) is 18.8. The minimum Gasteiger partial charge on any atom is -0.370 e. The molecule has 12 heteroatoms. The molecule has 2 heterocycles. The fourth-order valence-corrected chi connectivity index (χ4v) is 5.93. The van der Waals surface area contributed by atoms with Crippen molar-refractivity contribution < 1.29 is 27.9 Å². The van der Waals surface area contributed by atoms with Crippen LogP contribution >= 0.6 is 22.9 Å². The molecule has 3 fully saturated rings. The van der Waals surface area contributed by atoms with E-state index in [-0.39, 0.29) is 67.0 Å². The van der Waals surface area contributed by atoms with Crippen LogP contribution < -0.4 is 15.5 Å². The van der Waals surface area contributed by atoms with E-state index in [0.29, 0.717) is 15.1 Å². The van der Waals surface area contributed by atoms with Crippen molar-refractivity contribution in [3.8, 4) is 0 Å². The average molecular weight is 581 g/mol. The van der Waals surface area contributed by atoms with Crippen LogP contribution in [0, 0.1) is 5.92 Å². The number of nitrogens with zero attached hydrogens (tertiary/aromatic N) is 2. The van der Waals surface area contributed by atoms with E-state index in [0.717, 1.165) is 50.0 Å². The fourth-order valence-electron chi connectivity index (χ4n) is 4.97. The molecule has 1 aliphatic heterocycles. The summed E-state index contributed by atoms with van der Waals surface area (Å²) in [5.74, 6) is -0.561. The van der Waals surface area contributed by atoms with Crippen LogP contribution in [0.15, 0.2) is 30.3 Å². The van der Waals surface area contributed by atoms with Crippen molar-refractivity contribution in [1.82, 2.24) is 10.2 Å². The molecule has 1 atom stereocenters. The van der Waals surface area contributed by atoms with Gasteiger partial charge in [0.25, 0.3) is 18.2 Å². The Bertz CT molecular complexity index is 1220. The Morgan fingerprint density at radius 1 is 1.18 bits per heavy atom. The van der Waals surface area contributed by atoms with E-state index in [4.69, 9.17) is 16.3 Å². The van der Waals surface area contributed by atoms with Crippen LogP contribution in [-0.2, 0) is 14.3 Å². The molecule has 2 saturated carbocycles. The highest BCUT2D eigenvalue weighted by atomic mass is 35.5. The number of alkyl halides is 2. The highest BCUT2D eigenvalue weighted by Gasteiger charge is 2.38. The summed E-state index contributed by atoms with van der Waals surface area (Å²) in [6.07, 6.45) is 2.40. The predicted octanol–water partition coefficient (Wildman–Crippen LogP) is 4.70. The van der Waals surface area contributed by atoms with Crippen molar-refractivity contribution in [2.45, 2.75) is 50.6 Å². The summed E-state index contributed by atoms with van der Waals surface area (Å²) < 4.78 is 33.7. The van der Waals surface area contributed by atoms with Gasteiger partial charge < -0.3 is 20.3 Å². The molecule has 8 nitrogen and oxygen atoms in total. The number of morpholine rings is 1. The van der Waals surface area contributed by atoms with Gasteiger partial charge in [-0.25, -0.2) is 8.78 Å². The van der Waals surface area contributed by atoms with Gasteiger partial charge in [0.2, 0.25) is 5.91 Å². The van der Waals surface area contributed by atoms with Crippen LogP contribution in [0.25, 0.3) is 0 Å². The number of ether oxygens (including phenoxy) is 1. The average Bonchev–Trinajstić information content (AvgIpc) is 3.59. The number of hydrogen-bond donors (Lipinski definition) is 2. The molecule has 0 unspecified atom stereocenters. The Morgan fingerprint density at radius 3 is 2.59 bits per heavy atom. The van der Waals surface area contributed by atoms with Crippen LogP contribution in [0.1, 0.15) is 53.8 Å². The number of carbonyl (C=O) groups is 3. The molecular weight excluding hydrogens is 550 g/mol. The zero-order valence-corrected chi connectivity index (χ0v) is 22.9. The van der Waals surface area contributed by atoms with Crippen LogP contribution in [-0.4, -0.2) is 67.6 Å². The van der Waals surface area contributed by atoms with Gasteiger partial charge in [-0.2, -0.15) is 0 Å². The Morgan fingerprint density at radius 2 is 1.97 bits per heavy atom. The zero-order chi connectivity index (χ0) is 27.5. The fraction of sp³-hybridized carbons (Fsp3) is 0.519. The summed E-state index contributed by atoms with van der Waals surface area (Å²) >= 11 is 7.14. The van der Waals surface area contributed by atoms with E-state index in [2.05, 4.69) is 15.5 Å². The second-order valence-electron chi connectivity index (χ2n) is 10.2. The lowest BCUT2D eigenvalue weighted by atomic mass is 9.89. The third-order valence-corrected chi connectivity index (χ3v) is 8.70. The maximum Gasteiger partial charge on any atom is 0.265 e. The predicted molar refractivity (Wildman–Crippen MR) is 146 cm³/mol. The van der Waals surface area contributed by atoms with Gasteiger partial charge in [0.15, 0.2) is 0 Å². The van der Waals surface area contributed by atoms with Crippen molar-refractivity contribution in [3.63, 3.8) is 0 Å². The Balaban J connectivity index is 1.36. The first kappa shape index (κ1) is 27.9. The quantitative estimate of drug-likeness (QED) is 0.402. The van der Waals surface area contributed by atoms with Crippen LogP contribution in [0.2, 0.25) is 4.34 Å². The molecule has 3 aliphatic rings. The number of hydrogen-bond acceptors (Lipinski definition) is 6. The molecule has 1 aromatic carbocycles. The van der Waals surface area contributed by atoms with Crippen molar-refractivity contribution in [3.05, 3.63) is 45.1 Å². The second kappa shape index (κ2) is 12.3. The highest BCUT2D eigenvalue weighted by molar-refractivity contribution is 7.18. The number of thiophene rings is 1. The molecule has 210 valence electrons. The lowest BCUT2D eigenvalue weighted by Gasteiger charge is -2.42. The highest BCUT2D eigenvalue weighted by Crippen LogP contribution is 2.36. The van der Waals surface area contributed by atoms with Crippen molar-refractivity contribution in [1.29, 1.82) is 0 Å². The van der Waals surface area contributed by atoms with E-state index < -0.39 is 12.5 Å². The van der Waals surface area contributed by atoms with E-state index >= 15 is 0 Å². The first-order valence-corrected chi connectivity index (χ1v) is 14.4. The minimum atomic E-state index is -2.85. The molecule has 2 aliphatic carbocycles. The Hall–Kier alpha value is -2.60. The number of halogens is 3. The number of amides is 3. The molecule has 3 amide bonds. The summed E-state index contributed by atoms with van der Waals surface area (Å²) in [6, 6.07) is 7.03. The van der Waals surface area contributed by atoms with Gasteiger partial charge >= 0.3 is 0 Å². The van der Waals surface area contributed by atoms with E-state index in [1.807, 2.05) is 0 Å². The summed E-state index contributed by atoms with van der Waals surface area (Å²) in [7, 11) is 0. The first-order chi connectivity index (χ1) is 18.8. The number of nitrogens with one attached hydrogen (secondary N) is 2. The largest absolute Gasteiger partial charge is 0.370 e. The molecular formula is C27H31ClF2N4O4S. The monoisotopic (exact) mass is 580 g/mol. The lowest BCUT2D eigenvalue weighted by Crippen LogP contribution is -2.56. The summed E-state index contributed by atoms with van der Waals surface area (Å²) in [5, 5.41) is 5.69. The van der Waals surface area contributed by atoms with Gasteiger partial charge in [0.1, 0.15) is 12.6 Å². The molecule has 2 N–H and O–H groups in total. The zero-order valence-electron chi connectivity index (χ0n) is 21.3. The van der Waals surface area contributed by atoms with Crippen molar-refractivity contribution in [2.75, 3.05) is 43.1 Å². The van der Waals surface area contributed by atoms with Gasteiger partial charge in [0, 0.05) is 36.9 Å². The van der Waals surface area contributed by atoms with E-state index in [9.17, 15) is 23.2 Å². The van der Waals surface area contributed by atoms with Gasteiger partial charge in [-0.1, -0.05) is 18.0 Å². The molecule has 0 spiro atoms. The Kier molecular flexibility index (Phi) is 8.80. The van der Waals surface area contributed by atoms with Gasteiger partial charge in [0.05, 0.1) is 21.5 Å². The smallest absolute Gasteiger partial charge is 0.265 e. The van der Waals surface area contributed by atoms with Crippen molar-refractivity contribution in [2.24, 2.45) is 5.92 Å². The third kappa shape index (κ3) is 6.77. The summed E-state index contributed by atoms with van der Waals surface area (Å²) in [6.45, 7) is 1.11. The molecule has 1 aromatic heterocycles. The van der Waals surface area contributed by atoms with Gasteiger partial charge in [-0.05, 0) is 61.9 Å². The SMILES string of the molecule is O=C(NC[C@@H](C(=O)Nc1ccc(N2CCOCC2=O)c(C(F)F)c1)N(CC1CC1)C1CCC1)c1ccc(Cl)s1. The lowest BCUT2D eigenvalue weighted by molar-refractivity contribution is -0.125. The molecule has 1 saturated heterocycles. The maximum atomic E-state index is 14.0. The molecule has 0 radical (unpaired) electrons. The van der Waals surface area contributed by atoms with Crippen molar-refractivity contribution >= 4 is 52.0 Å². The van der Waals surface area contributed by atoms with Gasteiger partial charge in [-0.3, -0.25) is 19.3 Å². The minimum absolute atomic E-state index is 0.0749. The molecule has 0 bridgehead atoms. The molecule has 2 aromatic rings. The summed E-state index contributed by atoms with van der Waals surface area (Å²) in [5.41, 5.74) is -0.0167. The number of carbonyl (C=O) groups excluding carboxylic acids is 3. The standard InChI is InChI=1S/C27H31ClF2N4O4S/c28-23-9-8-22(39-23)27(37)31-13-21(34(14-16-4-5-16)18-2-1-3-18)26(36)32-17-6-7-20(19(12-17)25(29)30)33-10-11-38-15-24(33)35/h6-9,12,16,18,21,25H,1-5,10-11,13-15H2,(H,31,37)(H,32,36)/t21-/m0/s1. The van der Waals surface area contributed by atoms with Gasteiger partial charge in [-0.15, -0.1) is 11.3 Å². The molecule has 39 heavy (non-hydrogen) atoms. The topological polar surface area (TPSA) is 91.0 Å². The number of anilines is 2. The third-order valence-electron chi connectivity index (χ3n) is 7.47. The van der Waals surface area contributed by atoms with Crippen LogP contribution in [0.3, 0.4) is 0 Å². The van der Waals surface area contributed by atoms with Crippen LogP contribution in [0.5, 0.6) is 0 Å². The maximum absolute atomic E-state index is 14.0. The first-order valence-electron chi connectivity index (χ1n) is 13.2. The van der Waals surface area contributed by atoms with E-state index in [1.54, 1.807) is 12.1 Å². The summed E-state index contributed by atoms with van der Waals surface area (Å²) in [4.78, 5) is 42.6. The molecule has 5 rings (SSSR count). The number of benzene rings is 1. The van der Waals surface area contributed by atoms with Crippen LogP contribution in [0.4, 0.5) is 20.2 Å². The Labute approximate surface area is 234 Å².